The van der Waals surface area contributed by atoms with E-state index in [4.69, 9.17) is 32.2 Å². The summed E-state index contributed by atoms with van der Waals surface area (Å²) in [4.78, 5) is 25.4. The number of sulfonamides is 2. The van der Waals surface area contributed by atoms with Gasteiger partial charge < -0.3 is 19.7 Å². The maximum Gasteiger partial charge on any atom is 0.267 e. The van der Waals surface area contributed by atoms with Gasteiger partial charge in [0.25, 0.3) is 43.6 Å². The number of rotatable bonds is 10. The van der Waals surface area contributed by atoms with E-state index in [-0.39, 0.29) is 41.4 Å². The highest BCUT2D eigenvalue weighted by atomic mass is 35.5. The molecule has 0 saturated carbocycles. The van der Waals surface area contributed by atoms with Gasteiger partial charge in [-0.15, -0.1) is 22.7 Å². The summed E-state index contributed by atoms with van der Waals surface area (Å²) < 4.78 is 65.3. The quantitative estimate of drug-likeness (QED) is 0.103. The Labute approximate surface area is 341 Å². The van der Waals surface area contributed by atoms with E-state index < -0.39 is 31.9 Å². The molecule has 4 heterocycles. The molecule has 20 heteroatoms. The van der Waals surface area contributed by atoms with E-state index in [0.717, 1.165) is 56.1 Å². The molecule has 6 rings (SSSR count). The largest absolute Gasteiger partial charge is 0.336 e. The minimum atomic E-state index is -4.09. The van der Waals surface area contributed by atoms with Crippen molar-refractivity contribution in [1.82, 2.24) is 10.3 Å². The fourth-order valence-electron chi connectivity index (χ4n) is 5.64. The summed E-state index contributed by atoms with van der Waals surface area (Å²) in [6, 6.07) is 10.5. The Hall–Kier alpha value is -4.72. The first-order valence-corrected chi connectivity index (χ1v) is 21.9. The number of amides is 2. The normalized spacial score (nSPS) is 11.5. The molecule has 0 aliphatic heterocycles. The first kappa shape index (κ1) is 42.4. The van der Waals surface area contributed by atoms with Crippen molar-refractivity contribution in [3.05, 3.63) is 112 Å². The van der Waals surface area contributed by atoms with Gasteiger partial charge in [-0.3, -0.25) is 9.59 Å². The molecule has 2 amide bonds. The highest BCUT2D eigenvalue weighted by Crippen LogP contribution is 2.33. The van der Waals surface area contributed by atoms with E-state index in [1.807, 2.05) is 65.8 Å². The van der Waals surface area contributed by atoms with E-state index in [9.17, 15) is 26.4 Å². The number of aromatic nitrogens is 2. The molecular formula is C36H36Cl2N6O8S4. The lowest BCUT2D eigenvalue weighted by Gasteiger charge is -2.13. The summed E-state index contributed by atoms with van der Waals surface area (Å²) in [5.41, 5.74) is 7.78. The van der Waals surface area contributed by atoms with Gasteiger partial charge in [0.05, 0.1) is 0 Å². The van der Waals surface area contributed by atoms with Gasteiger partial charge in [-0.25, -0.2) is 26.3 Å². The summed E-state index contributed by atoms with van der Waals surface area (Å²) in [5, 5.41) is 16.1. The second-order valence-corrected chi connectivity index (χ2v) is 18.6. The molecule has 0 fully saturated rings. The zero-order chi connectivity index (χ0) is 41.3. The smallest absolute Gasteiger partial charge is 0.267 e. The van der Waals surface area contributed by atoms with Gasteiger partial charge in [0, 0.05) is 11.4 Å². The van der Waals surface area contributed by atoms with Crippen LogP contribution in [0.1, 0.15) is 64.1 Å². The zero-order valence-electron chi connectivity index (χ0n) is 31.2. The molecule has 0 saturated heterocycles. The average Bonchev–Trinajstić information content (AvgIpc) is 3.92. The topological polar surface area (TPSA) is 203 Å². The highest BCUT2D eigenvalue weighted by molar-refractivity contribution is 7.93. The van der Waals surface area contributed by atoms with Crippen molar-refractivity contribution >= 4 is 101 Å². The molecule has 6 aromatic rings. The van der Waals surface area contributed by atoms with E-state index in [2.05, 4.69) is 30.4 Å². The first-order valence-electron chi connectivity index (χ1n) is 16.4. The Morgan fingerprint density at radius 3 is 1.20 bits per heavy atom. The van der Waals surface area contributed by atoms with Gasteiger partial charge in [0.2, 0.25) is 0 Å². The number of carbonyl (C=O) groups is 2. The summed E-state index contributed by atoms with van der Waals surface area (Å²) >= 11 is 14.0. The van der Waals surface area contributed by atoms with Crippen molar-refractivity contribution in [2.45, 2.75) is 65.2 Å². The Morgan fingerprint density at radius 1 is 0.589 bits per heavy atom. The fourth-order valence-corrected chi connectivity index (χ4v) is 10.6. The van der Waals surface area contributed by atoms with Crippen LogP contribution in [-0.2, 0) is 20.0 Å². The van der Waals surface area contributed by atoms with Crippen LogP contribution in [0, 0.1) is 55.4 Å². The number of nitrogens with one attached hydrogen (secondary N) is 4. The minimum Gasteiger partial charge on any atom is -0.336 e. The number of carbonyl (C=O) groups excluding carboxylic acids is 2. The molecular weight excluding hydrogens is 844 g/mol. The second kappa shape index (κ2) is 16.8. The molecule has 4 aromatic heterocycles. The number of hydrogen-bond donors (Lipinski definition) is 4. The molecule has 56 heavy (non-hydrogen) atoms. The van der Waals surface area contributed by atoms with E-state index in [1.54, 1.807) is 13.8 Å². The predicted octanol–water partition coefficient (Wildman–Crippen LogP) is 9.35. The van der Waals surface area contributed by atoms with Crippen molar-refractivity contribution in [3.8, 4) is 0 Å². The van der Waals surface area contributed by atoms with Gasteiger partial charge in [-0.05, 0) is 101 Å². The minimum absolute atomic E-state index is 0.0548. The molecule has 0 aliphatic carbocycles. The zero-order valence-corrected chi connectivity index (χ0v) is 35.9. The Bertz CT molecular complexity index is 2470. The number of halogens is 2. The lowest BCUT2D eigenvalue weighted by atomic mass is 10.1. The lowest BCUT2D eigenvalue weighted by molar-refractivity contribution is 0.101. The van der Waals surface area contributed by atoms with Crippen LogP contribution < -0.4 is 20.1 Å². The van der Waals surface area contributed by atoms with Crippen molar-refractivity contribution in [1.29, 1.82) is 0 Å². The maximum atomic E-state index is 12.8. The number of hydrogen-bond acceptors (Lipinski definition) is 12. The van der Waals surface area contributed by atoms with Gasteiger partial charge >= 0.3 is 0 Å². The van der Waals surface area contributed by atoms with Gasteiger partial charge in [0.1, 0.15) is 41.0 Å². The molecule has 296 valence electrons. The van der Waals surface area contributed by atoms with Gasteiger partial charge in [-0.1, -0.05) is 68.9 Å². The van der Waals surface area contributed by atoms with E-state index >= 15 is 0 Å². The third-order valence-electron chi connectivity index (χ3n) is 8.12. The van der Waals surface area contributed by atoms with Crippen LogP contribution in [0.5, 0.6) is 0 Å². The summed E-state index contributed by atoms with van der Waals surface area (Å²) in [5.74, 6) is -1.40. The second-order valence-electron chi connectivity index (χ2n) is 12.7. The van der Waals surface area contributed by atoms with Crippen LogP contribution in [0.15, 0.2) is 66.0 Å². The van der Waals surface area contributed by atoms with Crippen molar-refractivity contribution in [2.24, 2.45) is 0 Å². The van der Waals surface area contributed by atoms with Crippen LogP contribution in [0.3, 0.4) is 0 Å². The molecule has 14 nitrogen and oxygen atoms in total. The lowest BCUT2D eigenvalue weighted by Crippen LogP contribution is -2.19. The number of anilines is 4. The summed E-state index contributed by atoms with van der Waals surface area (Å²) in [7, 11) is -8.19. The monoisotopic (exact) mass is 878 g/mol. The standard InChI is InChI=1S/2C18H18ClN3O4S2/c2*1-9-7-10(2)15(11(3)8-9)20-17(23)16-13(5-6-27-16)28(24,25)22-18-14(19)12(4)21-26-18/h2*5-8,22H,1-4H3,(H,20,23). The SMILES string of the molecule is Cc1cc(C)c(NC(=O)c2sccc2S(=O)(=O)Nc2onc(C)c2Cl)c(C)c1.Cc1cc(C)c(NC(=O)c2sccc2S(=O)(=O)Nc2onc(C)c2Cl)c(C)c1. The Kier molecular flexibility index (Phi) is 12.7. The Morgan fingerprint density at radius 2 is 0.911 bits per heavy atom. The summed E-state index contributed by atoms with van der Waals surface area (Å²) in [6.07, 6.45) is 0. The third kappa shape index (κ3) is 9.28. The molecule has 0 bridgehead atoms. The van der Waals surface area contributed by atoms with Crippen molar-refractivity contribution < 1.29 is 35.5 Å². The number of aryl methyl sites for hydroxylation is 8. The molecule has 0 atom stereocenters. The average molecular weight is 880 g/mol. The predicted molar refractivity (Wildman–Crippen MR) is 220 cm³/mol. The van der Waals surface area contributed by atoms with E-state index in [0.29, 0.717) is 22.8 Å². The van der Waals surface area contributed by atoms with Gasteiger partial charge in [-0.2, -0.15) is 0 Å². The Balaban J connectivity index is 0.000000214. The summed E-state index contributed by atoms with van der Waals surface area (Å²) in [6.45, 7) is 14.7. The molecule has 2 aromatic carbocycles. The number of thiophene rings is 2. The fraction of sp³-hybridized carbons (Fsp3) is 0.222. The van der Waals surface area contributed by atoms with Crippen molar-refractivity contribution in [3.63, 3.8) is 0 Å². The third-order valence-corrected chi connectivity index (χ3v) is 13.8. The van der Waals surface area contributed by atoms with Crippen LogP contribution in [0.4, 0.5) is 23.1 Å². The highest BCUT2D eigenvalue weighted by Gasteiger charge is 2.29. The molecule has 0 aliphatic rings. The number of benzene rings is 2. The first-order chi connectivity index (χ1) is 26.2. The molecule has 0 spiro atoms. The van der Waals surface area contributed by atoms with Crippen LogP contribution in [-0.4, -0.2) is 39.0 Å². The molecule has 4 N–H and O–H groups in total. The van der Waals surface area contributed by atoms with E-state index in [1.165, 1.54) is 22.9 Å². The maximum absolute atomic E-state index is 12.8. The van der Waals surface area contributed by atoms with Crippen LogP contribution in [0.25, 0.3) is 0 Å². The number of nitrogens with zero attached hydrogens (tertiary/aromatic N) is 2. The molecule has 0 radical (unpaired) electrons. The van der Waals surface area contributed by atoms with Crippen LogP contribution >= 0.6 is 45.9 Å². The van der Waals surface area contributed by atoms with Crippen molar-refractivity contribution in [2.75, 3.05) is 20.1 Å². The van der Waals surface area contributed by atoms with Gasteiger partial charge in [0.15, 0.2) is 0 Å². The molecule has 0 unspecified atom stereocenters. The van der Waals surface area contributed by atoms with Crippen LogP contribution in [0.2, 0.25) is 10.0 Å².